The second-order valence-corrected chi connectivity index (χ2v) is 7.28. The Morgan fingerprint density at radius 3 is 1.79 bits per heavy atom. The monoisotopic (exact) mass is 408 g/mol. The van der Waals surface area contributed by atoms with Crippen LogP contribution in [0.2, 0.25) is 0 Å². The maximum Gasteiger partial charge on any atom is 0.163 e. The number of carbonyl (C=O) groups excluding carboxylic acids is 2. The van der Waals surface area contributed by atoms with Crippen LogP contribution < -0.4 is 0 Å². The lowest BCUT2D eigenvalue weighted by atomic mass is 10.1. The highest BCUT2D eigenvalue weighted by Gasteiger charge is 2.18. The first-order valence-electron chi connectivity index (χ1n) is 9.29. The van der Waals surface area contributed by atoms with Crippen molar-refractivity contribution in [3.05, 3.63) is 33.9 Å². The summed E-state index contributed by atoms with van der Waals surface area (Å²) < 4.78 is 3.34. The van der Waals surface area contributed by atoms with Gasteiger partial charge in [-0.1, -0.05) is 7.43 Å². The van der Waals surface area contributed by atoms with E-state index in [1.54, 1.807) is 37.3 Å². The van der Waals surface area contributed by atoms with Crippen molar-refractivity contribution in [1.29, 1.82) is 0 Å². The first-order valence-corrected chi connectivity index (χ1v) is 9.29. The molecule has 0 aliphatic rings. The Labute approximate surface area is 173 Å². The van der Waals surface area contributed by atoms with Gasteiger partial charge in [-0.3, -0.25) is 19.0 Å². The summed E-state index contributed by atoms with van der Waals surface area (Å²) in [6.07, 6.45) is -0.0339. The molecule has 29 heavy (non-hydrogen) atoms. The van der Waals surface area contributed by atoms with E-state index in [1.807, 2.05) is 13.8 Å². The van der Waals surface area contributed by atoms with E-state index in [1.165, 1.54) is 13.8 Å². The summed E-state index contributed by atoms with van der Waals surface area (Å²) in [5.41, 5.74) is 4.38. The fraction of sp³-hybridized carbons (Fsp3) is 0.619. The molecule has 164 valence electrons. The molecule has 0 amide bonds. The number of hydrogen-bond acceptors (Lipinski definition) is 6. The number of aryl methyl sites for hydroxylation is 3. The first-order chi connectivity index (χ1) is 12.9. The number of Topliss-reactive ketones (excluding diaryl/α,β-unsaturated/α-hetero) is 2. The minimum Gasteiger partial charge on any atom is -0.393 e. The van der Waals surface area contributed by atoms with Gasteiger partial charge in [-0.15, -0.1) is 0 Å². The van der Waals surface area contributed by atoms with Crippen molar-refractivity contribution in [3.63, 3.8) is 0 Å². The topological polar surface area (TPSA) is 110 Å². The summed E-state index contributed by atoms with van der Waals surface area (Å²) >= 11 is 0. The second kappa shape index (κ2) is 11.0. The van der Waals surface area contributed by atoms with Gasteiger partial charge in [0, 0.05) is 32.6 Å². The zero-order valence-corrected chi connectivity index (χ0v) is 18.1. The highest BCUT2D eigenvalue weighted by Crippen LogP contribution is 2.16. The van der Waals surface area contributed by atoms with Crippen LogP contribution in [0.4, 0.5) is 0 Å². The van der Waals surface area contributed by atoms with E-state index < -0.39 is 12.2 Å². The van der Waals surface area contributed by atoms with Gasteiger partial charge in [0.2, 0.25) is 0 Å². The van der Waals surface area contributed by atoms with Gasteiger partial charge < -0.3 is 10.2 Å². The zero-order valence-electron chi connectivity index (χ0n) is 18.1. The normalized spacial score (nSPS) is 12.5. The van der Waals surface area contributed by atoms with Gasteiger partial charge in [0.25, 0.3) is 0 Å². The van der Waals surface area contributed by atoms with E-state index >= 15 is 0 Å². The summed E-state index contributed by atoms with van der Waals surface area (Å²) in [5, 5.41) is 26.9. The molecule has 2 heterocycles. The SMILES string of the molecule is C.CC(=O)c1c(C)nn(C)c1CC(C)O.CC(=O)c1c(CC(C)O)nn(C)c1C. The molecule has 2 aromatic heterocycles. The fourth-order valence-corrected chi connectivity index (χ4v) is 3.24. The molecule has 2 unspecified atom stereocenters. The Morgan fingerprint density at radius 1 is 0.897 bits per heavy atom. The van der Waals surface area contributed by atoms with Gasteiger partial charge in [0.05, 0.1) is 40.4 Å². The Morgan fingerprint density at radius 2 is 1.38 bits per heavy atom. The Bertz CT molecular complexity index is 835. The molecular formula is C21H36N4O4. The lowest BCUT2D eigenvalue weighted by molar-refractivity contribution is 0.100. The zero-order chi connectivity index (χ0) is 21.8. The van der Waals surface area contributed by atoms with Crippen molar-refractivity contribution in [2.75, 3.05) is 0 Å². The quantitative estimate of drug-likeness (QED) is 0.710. The first kappa shape index (κ1) is 26.7. The highest BCUT2D eigenvalue weighted by molar-refractivity contribution is 5.96. The largest absolute Gasteiger partial charge is 0.393 e. The third kappa shape index (κ3) is 6.90. The van der Waals surface area contributed by atoms with Crippen molar-refractivity contribution in [1.82, 2.24) is 19.6 Å². The summed E-state index contributed by atoms with van der Waals surface area (Å²) in [6.45, 7) is 10.1. The molecule has 2 N–H and O–H groups in total. The van der Waals surface area contributed by atoms with Crippen LogP contribution in [0.15, 0.2) is 0 Å². The van der Waals surface area contributed by atoms with Crippen molar-refractivity contribution < 1.29 is 19.8 Å². The molecule has 0 aliphatic heterocycles. The van der Waals surface area contributed by atoms with Gasteiger partial charge in [0.15, 0.2) is 11.6 Å². The molecule has 0 saturated carbocycles. The molecule has 2 atom stereocenters. The molecule has 8 heteroatoms. The van der Waals surface area contributed by atoms with Crippen LogP contribution >= 0.6 is 0 Å². The Balaban J connectivity index is 0.000000523. The third-order valence-corrected chi connectivity index (χ3v) is 4.43. The number of rotatable bonds is 6. The second-order valence-electron chi connectivity index (χ2n) is 7.28. The van der Waals surface area contributed by atoms with Gasteiger partial charge in [-0.25, -0.2) is 0 Å². The minimum absolute atomic E-state index is 0. The lowest BCUT2D eigenvalue weighted by Crippen LogP contribution is -2.12. The molecule has 0 aromatic carbocycles. The number of aromatic nitrogens is 4. The number of aliphatic hydroxyl groups excluding tert-OH is 2. The highest BCUT2D eigenvalue weighted by atomic mass is 16.3. The predicted octanol–water partition coefficient (Wildman–Crippen LogP) is 2.34. The van der Waals surface area contributed by atoms with E-state index in [-0.39, 0.29) is 19.0 Å². The average molecular weight is 409 g/mol. The predicted molar refractivity (Wildman–Crippen MR) is 113 cm³/mol. The number of aliphatic hydroxyl groups is 2. The molecule has 0 aliphatic carbocycles. The maximum atomic E-state index is 11.3. The summed E-state index contributed by atoms with van der Waals surface area (Å²) in [7, 11) is 3.59. The average Bonchev–Trinajstić information content (AvgIpc) is 2.95. The molecule has 8 nitrogen and oxygen atoms in total. The molecule has 0 saturated heterocycles. The number of carbonyl (C=O) groups is 2. The van der Waals surface area contributed by atoms with Crippen LogP contribution in [-0.4, -0.2) is 53.5 Å². The van der Waals surface area contributed by atoms with Crippen molar-refractivity contribution in [2.24, 2.45) is 14.1 Å². The standard InChI is InChI=1S/2C10H16N2O2.CH4/c1-6(13)5-9-10(8(3)14)7(2)12(4)11-9;1-6(13)5-9-10(8(3)14)7(2)11-12(9)4;/h2*6,13H,5H2,1-4H3;1H4. The van der Waals surface area contributed by atoms with E-state index in [0.717, 1.165) is 17.1 Å². The number of nitrogens with zero attached hydrogens (tertiary/aromatic N) is 4. The van der Waals surface area contributed by atoms with E-state index in [4.69, 9.17) is 0 Å². The molecule has 0 fully saturated rings. The van der Waals surface area contributed by atoms with Gasteiger partial charge >= 0.3 is 0 Å². The number of hydrogen-bond donors (Lipinski definition) is 2. The molecule has 2 rings (SSSR count). The molecule has 0 bridgehead atoms. The van der Waals surface area contributed by atoms with E-state index in [9.17, 15) is 19.8 Å². The third-order valence-electron chi connectivity index (χ3n) is 4.43. The Kier molecular flexibility index (Phi) is 10.1. The van der Waals surface area contributed by atoms with E-state index in [2.05, 4.69) is 10.2 Å². The van der Waals surface area contributed by atoms with Gasteiger partial charge in [0.1, 0.15) is 0 Å². The molecule has 0 spiro atoms. The van der Waals surface area contributed by atoms with Crippen molar-refractivity contribution in [2.45, 2.75) is 74.0 Å². The van der Waals surface area contributed by atoms with Crippen LogP contribution in [-0.2, 0) is 26.9 Å². The van der Waals surface area contributed by atoms with Crippen LogP contribution in [0.5, 0.6) is 0 Å². The smallest absolute Gasteiger partial charge is 0.163 e. The summed E-state index contributed by atoms with van der Waals surface area (Å²) in [4.78, 5) is 22.7. The molecule has 0 radical (unpaired) electrons. The van der Waals surface area contributed by atoms with Gasteiger partial charge in [-0.2, -0.15) is 10.2 Å². The molecular weight excluding hydrogens is 372 g/mol. The van der Waals surface area contributed by atoms with Crippen LogP contribution in [0.3, 0.4) is 0 Å². The molecule has 2 aromatic rings. The van der Waals surface area contributed by atoms with Crippen molar-refractivity contribution in [3.8, 4) is 0 Å². The minimum atomic E-state index is -0.470. The van der Waals surface area contributed by atoms with Crippen LogP contribution in [0, 0.1) is 13.8 Å². The lowest BCUT2D eigenvalue weighted by Gasteiger charge is -2.06. The Hall–Kier alpha value is -2.32. The van der Waals surface area contributed by atoms with E-state index in [0.29, 0.717) is 29.7 Å². The van der Waals surface area contributed by atoms with Gasteiger partial charge in [-0.05, 0) is 41.5 Å². The number of ketones is 2. The van der Waals surface area contributed by atoms with Crippen LogP contribution in [0.25, 0.3) is 0 Å². The fourth-order valence-electron chi connectivity index (χ4n) is 3.24. The maximum absolute atomic E-state index is 11.3. The summed E-state index contributed by atoms with van der Waals surface area (Å²) in [5.74, 6) is 0.0116. The van der Waals surface area contributed by atoms with Crippen LogP contribution in [0.1, 0.15) is 78.6 Å². The summed E-state index contributed by atoms with van der Waals surface area (Å²) in [6, 6.07) is 0. The van der Waals surface area contributed by atoms with Crippen molar-refractivity contribution >= 4 is 11.6 Å².